The summed E-state index contributed by atoms with van der Waals surface area (Å²) in [6.45, 7) is 0. The lowest BCUT2D eigenvalue weighted by molar-refractivity contribution is -0.427. The van der Waals surface area contributed by atoms with Crippen molar-refractivity contribution >= 4 is 0 Å². The Labute approximate surface area is 91.1 Å². The van der Waals surface area contributed by atoms with Crippen LogP contribution in [-0.2, 0) is 9.47 Å². The molecule has 0 aromatic rings. The summed E-state index contributed by atoms with van der Waals surface area (Å²) in [6, 6.07) is -12.7. The zero-order chi connectivity index (χ0) is 14.7. The first-order valence-corrected chi connectivity index (χ1v) is 3.46. The molecule has 0 atom stereocenters. The third kappa shape index (κ3) is 4.00. The van der Waals surface area contributed by atoms with Crippen LogP contribution in [0.5, 0.6) is 0 Å². The Morgan fingerprint density at radius 2 is 0.889 bits per heavy atom. The van der Waals surface area contributed by atoms with Crippen LogP contribution in [0.25, 0.3) is 0 Å². The molecule has 0 unspecified atom stereocenters. The largest absolute Gasteiger partial charge is 0.513 e. The fourth-order valence-electron chi connectivity index (χ4n) is 0.444. The summed E-state index contributed by atoms with van der Waals surface area (Å²) in [5.74, 6) is 0. The third-order valence-corrected chi connectivity index (χ3v) is 1.08. The highest BCUT2D eigenvalue weighted by molar-refractivity contribution is 4.88. The second-order valence-corrected chi connectivity index (χ2v) is 2.31. The molecule has 0 aromatic heterocycles. The minimum Gasteiger partial charge on any atom is -0.389 e. The van der Waals surface area contributed by atoms with Gasteiger partial charge in [-0.3, -0.25) is 0 Å². The van der Waals surface area contributed by atoms with Crippen molar-refractivity contribution < 1.29 is 53.4 Å². The number of hydrogen-bond acceptors (Lipinski definition) is 2. The van der Waals surface area contributed by atoms with Crippen molar-refractivity contribution in [1.29, 1.82) is 0 Å². The Morgan fingerprint density at radius 3 is 1.06 bits per heavy atom. The quantitative estimate of drug-likeness (QED) is 0.438. The van der Waals surface area contributed by atoms with Crippen molar-refractivity contribution in [1.82, 2.24) is 0 Å². The second-order valence-electron chi connectivity index (χ2n) is 2.31. The van der Waals surface area contributed by atoms with Crippen molar-refractivity contribution in [3.8, 4) is 0 Å². The molecule has 0 aliphatic heterocycles. The van der Waals surface area contributed by atoms with Crippen molar-refractivity contribution in [2.75, 3.05) is 0 Å². The summed E-state index contributed by atoms with van der Waals surface area (Å²) in [5.41, 5.74) is 0. The van der Waals surface area contributed by atoms with Gasteiger partial charge in [0.1, 0.15) is 0 Å². The number of alkyl halides is 4. The van der Waals surface area contributed by atoms with Gasteiger partial charge in [0, 0.05) is 0 Å². The van der Waals surface area contributed by atoms with Gasteiger partial charge >= 0.3 is 36.4 Å². The molecular formula is C6F10O2. The molecule has 0 aliphatic carbocycles. The highest BCUT2D eigenvalue weighted by atomic mass is 19.4. The molecule has 2 nitrogen and oxygen atoms in total. The van der Waals surface area contributed by atoms with Gasteiger partial charge in [0.25, 0.3) is 0 Å². The minimum atomic E-state index is -6.44. The van der Waals surface area contributed by atoms with E-state index in [1.807, 2.05) is 0 Å². The Balaban J connectivity index is 5.36. The van der Waals surface area contributed by atoms with Crippen LogP contribution in [0, 0.1) is 0 Å². The molecule has 0 aliphatic rings. The van der Waals surface area contributed by atoms with Crippen LogP contribution in [0.1, 0.15) is 0 Å². The van der Waals surface area contributed by atoms with E-state index in [9.17, 15) is 43.9 Å². The summed E-state index contributed by atoms with van der Waals surface area (Å²) >= 11 is 0. The van der Waals surface area contributed by atoms with Gasteiger partial charge in [0.2, 0.25) is 0 Å². The maximum Gasteiger partial charge on any atom is 0.513 e. The van der Waals surface area contributed by atoms with Crippen LogP contribution in [0.2, 0.25) is 0 Å². The first-order chi connectivity index (χ1) is 7.90. The number of ether oxygens (including phenoxy) is 2. The molecule has 0 rings (SSSR count). The van der Waals surface area contributed by atoms with Crippen LogP contribution in [-0.4, -0.2) is 12.2 Å². The van der Waals surface area contributed by atoms with Crippen LogP contribution in [0.4, 0.5) is 43.9 Å². The summed E-state index contributed by atoms with van der Waals surface area (Å²) < 4.78 is 122. The Bertz CT molecular complexity index is 335. The van der Waals surface area contributed by atoms with Gasteiger partial charge in [0.05, 0.1) is 0 Å². The van der Waals surface area contributed by atoms with E-state index in [0.717, 1.165) is 0 Å². The van der Waals surface area contributed by atoms with Crippen LogP contribution in [0.15, 0.2) is 24.2 Å². The predicted octanol–water partition coefficient (Wildman–Crippen LogP) is 4.28. The van der Waals surface area contributed by atoms with E-state index in [4.69, 9.17) is 0 Å². The molecule has 18 heavy (non-hydrogen) atoms. The number of rotatable bonds is 4. The molecule has 12 heteroatoms. The summed E-state index contributed by atoms with van der Waals surface area (Å²) in [7, 11) is 0. The number of hydrogen-bond donors (Lipinski definition) is 0. The summed E-state index contributed by atoms with van der Waals surface area (Å²) in [5, 5.41) is 0. The van der Waals surface area contributed by atoms with Crippen LogP contribution < -0.4 is 0 Å². The standard InChI is InChI=1S/C6F10O2/c7-1(8)3(11)17-6(16,5(13,14)15)18-4(12)2(9)10. The maximum absolute atomic E-state index is 12.7. The van der Waals surface area contributed by atoms with E-state index in [0.29, 0.717) is 0 Å². The van der Waals surface area contributed by atoms with E-state index in [1.54, 1.807) is 0 Å². The molecule has 0 spiro atoms. The lowest BCUT2D eigenvalue weighted by atomic mass is 10.5. The van der Waals surface area contributed by atoms with Gasteiger partial charge in [-0.15, -0.1) is 4.39 Å². The van der Waals surface area contributed by atoms with Gasteiger partial charge in [-0.1, -0.05) is 0 Å². The first-order valence-electron chi connectivity index (χ1n) is 3.46. The minimum absolute atomic E-state index is 2.33. The highest BCUT2D eigenvalue weighted by Crippen LogP contribution is 2.41. The Hall–Kier alpha value is -1.62. The molecule has 0 saturated heterocycles. The van der Waals surface area contributed by atoms with Crippen LogP contribution in [0.3, 0.4) is 0 Å². The maximum atomic E-state index is 12.7. The lowest BCUT2D eigenvalue weighted by Gasteiger charge is -2.25. The van der Waals surface area contributed by atoms with Crippen molar-refractivity contribution in [3.63, 3.8) is 0 Å². The average molecular weight is 294 g/mol. The monoisotopic (exact) mass is 294 g/mol. The van der Waals surface area contributed by atoms with Gasteiger partial charge in [0.15, 0.2) is 0 Å². The van der Waals surface area contributed by atoms with E-state index in [-0.39, 0.29) is 0 Å². The predicted molar refractivity (Wildman–Crippen MR) is 32.8 cm³/mol. The molecule has 0 heterocycles. The van der Waals surface area contributed by atoms with E-state index in [1.165, 1.54) is 0 Å². The third-order valence-electron chi connectivity index (χ3n) is 1.08. The SMILES string of the molecule is FC(F)=C(F)OC(F)(OC(F)=C(F)F)C(F)(F)F. The van der Waals surface area contributed by atoms with Crippen molar-refractivity contribution in [2.45, 2.75) is 12.2 Å². The molecular weight excluding hydrogens is 294 g/mol. The molecule has 106 valence electrons. The van der Waals surface area contributed by atoms with Crippen LogP contribution >= 0.6 is 0 Å². The van der Waals surface area contributed by atoms with Gasteiger partial charge in [-0.25, -0.2) is 0 Å². The Morgan fingerprint density at radius 1 is 0.611 bits per heavy atom. The molecule has 0 amide bonds. The molecule has 0 radical (unpaired) electrons. The zero-order valence-corrected chi connectivity index (χ0v) is 7.60. The fraction of sp³-hybridized carbons (Fsp3) is 0.333. The lowest BCUT2D eigenvalue weighted by Crippen LogP contribution is -2.45. The van der Waals surface area contributed by atoms with Gasteiger partial charge in [-0.05, 0) is 0 Å². The Kier molecular flexibility index (Phi) is 4.87. The van der Waals surface area contributed by atoms with Gasteiger partial charge < -0.3 is 9.47 Å². The highest BCUT2D eigenvalue weighted by Gasteiger charge is 2.65. The zero-order valence-electron chi connectivity index (χ0n) is 7.60. The van der Waals surface area contributed by atoms with Gasteiger partial charge in [-0.2, -0.15) is 39.5 Å². The van der Waals surface area contributed by atoms with E-state index in [2.05, 4.69) is 9.47 Å². The summed E-state index contributed by atoms with van der Waals surface area (Å²) in [6.07, 6.45) is -13.5. The average Bonchev–Trinajstić information content (AvgIpc) is 2.14. The van der Waals surface area contributed by atoms with Crippen molar-refractivity contribution in [3.05, 3.63) is 24.2 Å². The fourth-order valence-corrected chi connectivity index (χ4v) is 0.444. The van der Waals surface area contributed by atoms with E-state index < -0.39 is 36.4 Å². The first kappa shape index (κ1) is 16.4. The molecule has 0 aromatic carbocycles. The molecule has 0 fully saturated rings. The second kappa shape index (κ2) is 5.35. The topological polar surface area (TPSA) is 18.5 Å². The van der Waals surface area contributed by atoms with Crippen molar-refractivity contribution in [2.24, 2.45) is 0 Å². The molecule has 0 saturated carbocycles. The molecule has 0 N–H and O–H groups in total. The molecule has 0 bridgehead atoms. The summed E-state index contributed by atoms with van der Waals surface area (Å²) in [4.78, 5) is 0. The smallest absolute Gasteiger partial charge is 0.389 e. The normalized spacial score (nSPS) is 11.9. The van der Waals surface area contributed by atoms with E-state index >= 15 is 0 Å². The number of halogens is 10.